The van der Waals surface area contributed by atoms with Crippen LogP contribution in [0.25, 0.3) is 0 Å². The van der Waals surface area contributed by atoms with Crippen molar-refractivity contribution in [2.24, 2.45) is 11.7 Å². The standard InChI is InChI=1S/C13H20N4O/c1-10-3-2-6-17(9-10)13(18)16-12-5-4-11(7-14)8-15-12/h4-5,8,10H,2-3,6-7,9,14H2,1H3,(H,15,16,18). The molecule has 18 heavy (non-hydrogen) atoms. The van der Waals surface area contributed by atoms with E-state index in [2.05, 4.69) is 17.2 Å². The molecular formula is C13H20N4O. The summed E-state index contributed by atoms with van der Waals surface area (Å²) < 4.78 is 0. The fourth-order valence-electron chi connectivity index (χ4n) is 2.18. The molecule has 2 amide bonds. The van der Waals surface area contributed by atoms with Gasteiger partial charge in [0.1, 0.15) is 5.82 Å². The van der Waals surface area contributed by atoms with Gasteiger partial charge in [-0.3, -0.25) is 5.32 Å². The lowest BCUT2D eigenvalue weighted by molar-refractivity contribution is 0.182. The number of hydrogen-bond acceptors (Lipinski definition) is 3. The summed E-state index contributed by atoms with van der Waals surface area (Å²) in [5.41, 5.74) is 6.46. The third kappa shape index (κ3) is 3.20. The topological polar surface area (TPSA) is 71.2 Å². The quantitative estimate of drug-likeness (QED) is 0.838. The molecule has 1 fully saturated rings. The van der Waals surface area contributed by atoms with Crippen LogP contribution >= 0.6 is 0 Å². The molecule has 3 N–H and O–H groups in total. The van der Waals surface area contributed by atoms with Crippen LogP contribution in [0, 0.1) is 5.92 Å². The molecule has 0 saturated carbocycles. The monoisotopic (exact) mass is 248 g/mol. The molecule has 1 aromatic rings. The molecule has 5 nitrogen and oxygen atoms in total. The number of nitrogens with one attached hydrogen (secondary N) is 1. The first kappa shape index (κ1) is 12.8. The van der Waals surface area contributed by atoms with Crippen molar-refractivity contribution in [1.29, 1.82) is 0 Å². The molecule has 0 spiro atoms. The maximum Gasteiger partial charge on any atom is 0.323 e. The van der Waals surface area contributed by atoms with E-state index in [0.717, 1.165) is 25.1 Å². The van der Waals surface area contributed by atoms with Crippen LogP contribution in [0.15, 0.2) is 18.3 Å². The molecule has 1 aliphatic rings. The Balaban J connectivity index is 1.93. The summed E-state index contributed by atoms with van der Waals surface area (Å²) in [6, 6.07) is 3.60. The summed E-state index contributed by atoms with van der Waals surface area (Å²) >= 11 is 0. The number of carbonyl (C=O) groups is 1. The van der Waals surface area contributed by atoms with Crippen LogP contribution in [-0.4, -0.2) is 29.0 Å². The minimum absolute atomic E-state index is 0.0606. The lowest BCUT2D eigenvalue weighted by Gasteiger charge is -2.30. The predicted molar refractivity (Wildman–Crippen MR) is 71.1 cm³/mol. The predicted octanol–water partition coefficient (Wildman–Crippen LogP) is 1.80. The van der Waals surface area contributed by atoms with Gasteiger partial charge in [0.2, 0.25) is 0 Å². The zero-order chi connectivity index (χ0) is 13.0. The number of urea groups is 1. The summed E-state index contributed by atoms with van der Waals surface area (Å²) in [6.45, 7) is 4.29. The van der Waals surface area contributed by atoms with Crippen molar-refractivity contribution in [2.75, 3.05) is 18.4 Å². The molecule has 0 aromatic carbocycles. The van der Waals surface area contributed by atoms with E-state index in [1.54, 1.807) is 12.3 Å². The van der Waals surface area contributed by atoms with Gasteiger partial charge in [-0.2, -0.15) is 0 Å². The molecule has 1 saturated heterocycles. The van der Waals surface area contributed by atoms with E-state index >= 15 is 0 Å². The zero-order valence-electron chi connectivity index (χ0n) is 10.7. The molecule has 2 heterocycles. The molecule has 1 aromatic heterocycles. The van der Waals surface area contributed by atoms with Crippen molar-refractivity contribution in [3.05, 3.63) is 23.9 Å². The molecule has 5 heteroatoms. The summed E-state index contributed by atoms with van der Waals surface area (Å²) in [6.07, 6.45) is 3.97. The first-order valence-corrected chi connectivity index (χ1v) is 6.40. The van der Waals surface area contributed by atoms with Crippen molar-refractivity contribution >= 4 is 11.8 Å². The molecular weight excluding hydrogens is 228 g/mol. The molecule has 2 rings (SSSR count). The molecule has 1 atom stereocenters. The fourth-order valence-corrected chi connectivity index (χ4v) is 2.18. The van der Waals surface area contributed by atoms with Gasteiger partial charge >= 0.3 is 6.03 Å². The summed E-state index contributed by atoms with van der Waals surface area (Å²) in [4.78, 5) is 18.0. The first-order valence-electron chi connectivity index (χ1n) is 6.40. The lowest BCUT2D eigenvalue weighted by atomic mass is 10.0. The fraction of sp³-hybridized carbons (Fsp3) is 0.538. The van der Waals surface area contributed by atoms with E-state index in [4.69, 9.17) is 5.73 Å². The number of piperidine rings is 1. The summed E-state index contributed by atoms with van der Waals surface area (Å²) in [5, 5.41) is 2.82. The van der Waals surface area contributed by atoms with Crippen LogP contribution in [-0.2, 0) is 6.54 Å². The first-order chi connectivity index (χ1) is 8.69. The van der Waals surface area contributed by atoms with Gasteiger partial charge in [-0.1, -0.05) is 13.0 Å². The van der Waals surface area contributed by atoms with Crippen LogP contribution < -0.4 is 11.1 Å². The van der Waals surface area contributed by atoms with Gasteiger partial charge in [-0.05, 0) is 30.4 Å². The van der Waals surface area contributed by atoms with E-state index < -0.39 is 0 Å². The van der Waals surface area contributed by atoms with E-state index in [1.807, 2.05) is 11.0 Å². The zero-order valence-corrected chi connectivity index (χ0v) is 10.7. The lowest BCUT2D eigenvalue weighted by Crippen LogP contribution is -2.41. The maximum absolute atomic E-state index is 12.0. The number of nitrogens with two attached hydrogens (primary N) is 1. The second-order valence-electron chi connectivity index (χ2n) is 4.88. The number of rotatable bonds is 2. The number of pyridine rings is 1. The average molecular weight is 248 g/mol. The molecule has 0 aliphatic carbocycles. The second-order valence-corrected chi connectivity index (χ2v) is 4.88. The number of nitrogens with zero attached hydrogens (tertiary/aromatic N) is 2. The SMILES string of the molecule is CC1CCCN(C(=O)Nc2ccc(CN)cn2)C1. The Kier molecular flexibility index (Phi) is 4.15. The minimum Gasteiger partial charge on any atom is -0.326 e. The second kappa shape index (κ2) is 5.82. The Morgan fingerprint density at radius 2 is 2.44 bits per heavy atom. The van der Waals surface area contributed by atoms with Gasteiger partial charge in [0.15, 0.2) is 0 Å². The van der Waals surface area contributed by atoms with Crippen LogP contribution in [0.4, 0.5) is 10.6 Å². The highest BCUT2D eigenvalue weighted by Gasteiger charge is 2.20. The van der Waals surface area contributed by atoms with Crippen molar-refractivity contribution in [1.82, 2.24) is 9.88 Å². The minimum atomic E-state index is -0.0606. The van der Waals surface area contributed by atoms with Crippen molar-refractivity contribution in [2.45, 2.75) is 26.3 Å². The highest BCUT2D eigenvalue weighted by Crippen LogP contribution is 2.16. The van der Waals surface area contributed by atoms with Gasteiger partial charge in [-0.25, -0.2) is 9.78 Å². The highest BCUT2D eigenvalue weighted by atomic mass is 16.2. The molecule has 1 unspecified atom stereocenters. The Morgan fingerprint density at radius 3 is 3.06 bits per heavy atom. The van der Waals surface area contributed by atoms with E-state index in [0.29, 0.717) is 18.3 Å². The maximum atomic E-state index is 12.0. The van der Waals surface area contributed by atoms with E-state index in [-0.39, 0.29) is 6.03 Å². The van der Waals surface area contributed by atoms with Crippen LogP contribution in [0.2, 0.25) is 0 Å². The van der Waals surface area contributed by atoms with Crippen LogP contribution in [0.1, 0.15) is 25.3 Å². The number of aromatic nitrogens is 1. The Hall–Kier alpha value is -1.62. The van der Waals surface area contributed by atoms with E-state index in [1.165, 1.54) is 6.42 Å². The summed E-state index contributed by atoms with van der Waals surface area (Å²) in [5.74, 6) is 1.16. The Bertz CT molecular complexity index is 404. The van der Waals surface area contributed by atoms with Gasteiger partial charge in [0.25, 0.3) is 0 Å². The van der Waals surface area contributed by atoms with E-state index in [9.17, 15) is 4.79 Å². The number of hydrogen-bond donors (Lipinski definition) is 2. The van der Waals surface area contributed by atoms with Gasteiger partial charge in [0.05, 0.1) is 0 Å². The summed E-state index contributed by atoms with van der Waals surface area (Å²) in [7, 11) is 0. The number of anilines is 1. The third-order valence-corrected chi connectivity index (χ3v) is 3.24. The highest BCUT2D eigenvalue weighted by molar-refractivity contribution is 5.88. The number of carbonyl (C=O) groups excluding carboxylic acids is 1. The molecule has 1 aliphatic heterocycles. The normalized spacial score (nSPS) is 19.7. The van der Waals surface area contributed by atoms with Gasteiger partial charge in [-0.15, -0.1) is 0 Å². The van der Waals surface area contributed by atoms with Gasteiger partial charge < -0.3 is 10.6 Å². The Morgan fingerprint density at radius 1 is 1.61 bits per heavy atom. The third-order valence-electron chi connectivity index (χ3n) is 3.24. The smallest absolute Gasteiger partial charge is 0.323 e. The molecule has 0 radical (unpaired) electrons. The van der Waals surface area contributed by atoms with Crippen LogP contribution in [0.3, 0.4) is 0 Å². The van der Waals surface area contributed by atoms with Crippen molar-refractivity contribution in [3.63, 3.8) is 0 Å². The van der Waals surface area contributed by atoms with Crippen LogP contribution in [0.5, 0.6) is 0 Å². The van der Waals surface area contributed by atoms with Crippen molar-refractivity contribution in [3.8, 4) is 0 Å². The molecule has 98 valence electrons. The van der Waals surface area contributed by atoms with Gasteiger partial charge in [0, 0.05) is 25.8 Å². The largest absolute Gasteiger partial charge is 0.326 e. The average Bonchev–Trinajstić information content (AvgIpc) is 2.39. The Labute approximate surface area is 107 Å². The molecule has 0 bridgehead atoms. The number of likely N-dealkylation sites (tertiary alicyclic amines) is 1. The number of amides is 2. The van der Waals surface area contributed by atoms with Crippen molar-refractivity contribution < 1.29 is 4.79 Å².